The summed E-state index contributed by atoms with van der Waals surface area (Å²) in [6, 6.07) is 8.34. The Labute approximate surface area is 169 Å². The lowest BCUT2D eigenvalue weighted by Crippen LogP contribution is -2.40. The normalized spacial score (nSPS) is 16.8. The molecule has 0 bridgehead atoms. The van der Waals surface area contributed by atoms with E-state index in [1.807, 2.05) is 19.1 Å². The van der Waals surface area contributed by atoms with Gasteiger partial charge in [0.05, 0.1) is 25.4 Å². The monoisotopic (exact) mass is 410 g/mol. The summed E-state index contributed by atoms with van der Waals surface area (Å²) < 4.78 is 28.8. The van der Waals surface area contributed by atoms with Crippen LogP contribution in [0.4, 0.5) is 0 Å². The lowest BCUT2D eigenvalue weighted by Gasteiger charge is -2.27. The van der Waals surface area contributed by atoms with E-state index in [1.165, 1.54) is 18.4 Å². The molecule has 1 fully saturated rings. The molecule has 1 heterocycles. The number of nitrogens with one attached hydrogen (secondary N) is 2. The highest BCUT2D eigenvalue weighted by atomic mass is 32.2. The molecule has 0 amide bonds. The number of rotatable bonds is 10. The van der Waals surface area contributed by atoms with Crippen molar-refractivity contribution in [2.24, 2.45) is 4.99 Å². The first-order valence-electron chi connectivity index (χ1n) is 10.1. The van der Waals surface area contributed by atoms with Gasteiger partial charge in [0.2, 0.25) is 0 Å². The Hall–Kier alpha value is -1.80. The number of guanidine groups is 1. The predicted octanol–water partition coefficient (Wildman–Crippen LogP) is 1.82. The quantitative estimate of drug-likeness (QED) is 0.452. The van der Waals surface area contributed by atoms with Crippen molar-refractivity contribution >= 4 is 15.8 Å². The molecule has 1 aromatic carbocycles. The molecule has 158 valence electrons. The Morgan fingerprint density at radius 3 is 2.64 bits per heavy atom. The van der Waals surface area contributed by atoms with Crippen LogP contribution in [0.5, 0.6) is 5.75 Å². The zero-order chi connectivity index (χ0) is 20.4. The summed E-state index contributed by atoms with van der Waals surface area (Å²) in [5, 5.41) is 6.36. The Balaban J connectivity index is 2.10. The van der Waals surface area contributed by atoms with E-state index >= 15 is 0 Å². The van der Waals surface area contributed by atoms with Crippen molar-refractivity contribution in [2.45, 2.75) is 32.7 Å². The highest BCUT2D eigenvalue weighted by Crippen LogP contribution is 2.27. The molecule has 0 spiro atoms. The second-order valence-corrected chi connectivity index (χ2v) is 9.39. The number of sulfone groups is 1. The second kappa shape index (κ2) is 11.3. The summed E-state index contributed by atoms with van der Waals surface area (Å²) in [5.41, 5.74) is 1.19. The molecule has 0 aromatic heterocycles. The smallest absolute Gasteiger partial charge is 0.191 e. The average Bonchev–Trinajstić information content (AvgIpc) is 3.22. The van der Waals surface area contributed by atoms with Gasteiger partial charge in [-0.1, -0.05) is 19.1 Å². The summed E-state index contributed by atoms with van der Waals surface area (Å²) in [5.74, 6) is 1.77. The fourth-order valence-electron chi connectivity index (χ4n) is 3.32. The number of likely N-dealkylation sites (tertiary alicyclic amines) is 1. The molecule has 0 aliphatic carbocycles. The van der Waals surface area contributed by atoms with E-state index in [-0.39, 0.29) is 17.5 Å². The topological polar surface area (TPSA) is 83.0 Å². The third-order valence-corrected chi connectivity index (χ3v) is 6.68. The first-order valence-corrected chi connectivity index (χ1v) is 11.9. The number of aliphatic imine (C=N–C) groups is 1. The predicted molar refractivity (Wildman–Crippen MR) is 115 cm³/mol. The largest absolute Gasteiger partial charge is 0.497 e. The minimum Gasteiger partial charge on any atom is -0.497 e. The Kier molecular flexibility index (Phi) is 9.05. The molecule has 2 N–H and O–H groups in total. The molecule has 8 heteroatoms. The third-order valence-electron chi connectivity index (χ3n) is 4.97. The molecule has 28 heavy (non-hydrogen) atoms. The van der Waals surface area contributed by atoms with Crippen LogP contribution in [-0.4, -0.2) is 70.6 Å². The number of ether oxygens (including phenoxy) is 1. The number of hydrogen-bond donors (Lipinski definition) is 2. The number of nitrogens with zero attached hydrogens (tertiary/aromatic N) is 2. The maximum Gasteiger partial charge on any atom is 0.191 e. The summed E-state index contributed by atoms with van der Waals surface area (Å²) >= 11 is 0. The van der Waals surface area contributed by atoms with Gasteiger partial charge in [-0.15, -0.1) is 0 Å². The van der Waals surface area contributed by atoms with E-state index in [0.29, 0.717) is 19.0 Å². The summed E-state index contributed by atoms with van der Waals surface area (Å²) in [6.45, 7) is 7.48. The molecule has 7 nitrogen and oxygen atoms in total. The highest BCUT2D eigenvalue weighted by Gasteiger charge is 2.23. The van der Waals surface area contributed by atoms with Gasteiger partial charge in [-0.2, -0.15) is 0 Å². The molecular formula is C20H34N4O3S. The van der Waals surface area contributed by atoms with Crippen molar-refractivity contribution in [1.29, 1.82) is 0 Å². The molecule has 1 atom stereocenters. The van der Waals surface area contributed by atoms with Gasteiger partial charge in [0.1, 0.15) is 5.75 Å². The summed E-state index contributed by atoms with van der Waals surface area (Å²) in [7, 11) is -1.31. The van der Waals surface area contributed by atoms with Crippen LogP contribution in [0.25, 0.3) is 0 Å². The fourth-order valence-corrected chi connectivity index (χ4v) is 4.02. The van der Waals surface area contributed by atoms with Crippen LogP contribution in [0.1, 0.15) is 38.3 Å². The number of hydrogen-bond acceptors (Lipinski definition) is 5. The first-order chi connectivity index (χ1) is 13.5. The van der Waals surface area contributed by atoms with Crippen molar-refractivity contribution < 1.29 is 13.2 Å². The molecule has 1 aromatic rings. The van der Waals surface area contributed by atoms with Gasteiger partial charge in [-0.3, -0.25) is 9.89 Å². The third kappa shape index (κ3) is 6.98. The fraction of sp³-hybridized carbons (Fsp3) is 0.650. The van der Waals surface area contributed by atoms with Gasteiger partial charge in [-0.25, -0.2) is 8.42 Å². The number of methoxy groups -OCH3 is 1. The van der Waals surface area contributed by atoms with Crippen molar-refractivity contribution in [3.8, 4) is 5.75 Å². The standard InChI is InChI=1S/C20H34N4O3S/c1-4-21-20(22-11-14-28(25,26)5-2)23-16-19(24-12-6-7-13-24)17-9-8-10-18(15-17)27-3/h8-10,15,19H,4-7,11-14,16H2,1-3H3,(H2,21,22,23). The van der Waals surface area contributed by atoms with E-state index in [1.54, 1.807) is 14.0 Å². The highest BCUT2D eigenvalue weighted by molar-refractivity contribution is 7.91. The van der Waals surface area contributed by atoms with Gasteiger partial charge in [0.15, 0.2) is 15.8 Å². The van der Waals surface area contributed by atoms with E-state index in [4.69, 9.17) is 9.73 Å². The van der Waals surface area contributed by atoms with E-state index in [2.05, 4.69) is 27.7 Å². The van der Waals surface area contributed by atoms with Crippen molar-refractivity contribution in [1.82, 2.24) is 15.5 Å². The maximum atomic E-state index is 11.7. The lowest BCUT2D eigenvalue weighted by molar-refractivity contribution is 0.251. The molecular weight excluding hydrogens is 376 g/mol. The van der Waals surface area contributed by atoms with E-state index in [0.717, 1.165) is 25.4 Å². The number of benzene rings is 1. The average molecular weight is 411 g/mol. The second-order valence-electron chi connectivity index (χ2n) is 6.92. The Morgan fingerprint density at radius 2 is 2.00 bits per heavy atom. The molecule has 2 rings (SSSR count). The summed E-state index contributed by atoms with van der Waals surface area (Å²) in [6.07, 6.45) is 2.41. The maximum absolute atomic E-state index is 11.7. The van der Waals surface area contributed by atoms with Crippen LogP contribution in [0.3, 0.4) is 0 Å². The Bertz CT molecular complexity index is 731. The van der Waals surface area contributed by atoms with Crippen LogP contribution in [0, 0.1) is 0 Å². The van der Waals surface area contributed by atoms with Crippen LogP contribution in [0.15, 0.2) is 29.3 Å². The van der Waals surface area contributed by atoms with Crippen LogP contribution in [0.2, 0.25) is 0 Å². The minimum absolute atomic E-state index is 0.110. The minimum atomic E-state index is -2.99. The van der Waals surface area contributed by atoms with Crippen LogP contribution < -0.4 is 15.4 Å². The molecule has 0 radical (unpaired) electrons. The van der Waals surface area contributed by atoms with Gasteiger partial charge in [0, 0.05) is 18.8 Å². The zero-order valence-corrected chi connectivity index (χ0v) is 18.1. The molecule has 1 unspecified atom stereocenters. The van der Waals surface area contributed by atoms with Crippen LogP contribution in [-0.2, 0) is 9.84 Å². The van der Waals surface area contributed by atoms with Crippen molar-refractivity contribution in [3.63, 3.8) is 0 Å². The molecule has 1 aliphatic rings. The Morgan fingerprint density at radius 1 is 1.25 bits per heavy atom. The molecule has 0 saturated carbocycles. The van der Waals surface area contributed by atoms with E-state index in [9.17, 15) is 8.42 Å². The molecule has 1 saturated heterocycles. The van der Waals surface area contributed by atoms with Crippen molar-refractivity contribution in [2.75, 3.05) is 51.3 Å². The summed E-state index contributed by atoms with van der Waals surface area (Å²) in [4.78, 5) is 7.21. The van der Waals surface area contributed by atoms with Gasteiger partial charge < -0.3 is 15.4 Å². The van der Waals surface area contributed by atoms with Gasteiger partial charge >= 0.3 is 0 Å². The molecule has 1 aliphatic heterocycles. The SMILES string of the molecule is CCNC(=NCC(c1cccc(OC)c1)N1CCCC1)NCCS(=O)(=O)CC. The van der Waals surface area contributed by atoms with E-state index < -0.39 is 9.84 Å². The van der Waals surface area contributed by atoms with Crippen molar-refractivity contribution in [3.05, 3.63) is 29.8 Å². The lowest BCUT2D eigenvalue weighted by atomic mass is 10.1. The zero-order valence-electron chi connectivity index (χ0n) is 17.3. The van der Waals surface area contributed by atoms with Gasteiger partial charge in [-0.05, 0) is 50.6 Å². The van der Waals surface area contributed by atoms with Gasteiger partial charge in [0.25, 0.3) is 0 Å². The first kappa shape index (κ1) is 22.5. The van der Waals surface area contributed by atoms with Crippen LogP contribution >= 0.6 is 0 Å².